The van der Waals surface area contributed by atoms with Gasteiger partial charge < -0.3 is 4.74 Å². The molecule has 0 saturated carbocycles. The summed E-state index contributed by atoms with van der Waals surface area (Å²) in [5.74, 6) is 0.0216. The minimum atomic E-state index is -2.83. The molecule has 0 atom stereocenters. The van der Waals surface area contributed by atoms with Gasteiger partial charge in [-0.25, -0.2) is 0 Å². The van der Waals surface area contributed by atoms with Gasteiger partial charge in [0.05, 0.1) is 4.88 Å². The maximum atomic E-state index is 12.0. The van der Waals surface area contributed by atoms with Crippen LogP contribution in [0.25, 0.3) is 6.08 Å². The van der Waals surface area contributed by atoms with Crippen LogP contribution in [0.4, 0.5) is 8.78 Å². The number of halogens is 2. The molecular formula is C15H12F2O2S. The number of hydrogen-bond acceptors (Lipinski definition) is 3. The predicted octanol–water partition coefficient (Wildman–Crippen LogP) is 4.55. The Morgan fingerprint density at radius 1 is 1.20 bits per heavy atom. The smallest absolute Gasteiger partial charge is 0.387 e. The Hall–Kier alpha value is -2.01. The lowest BCUT2D eigenvalue weighted by molar-refractivity contribution is -0.0498. The van der Waals surface area contributed by atoms with E-state index in [4.69, 9.17) is 0 Å². The highest BCUT2D eigenvalue weighted by molar-refractivity contribution is 7.14. The summed E-state index contributed by atoms with van der Waals surface area (Å²) in [5, 5.41) is 0. The van der Waals surface area contributed by atoms with Crippen molar-refractivity contribution in [3.63, 3.8) is 0 Å². The van der Waals surface area contributed by atoms with E-state index in [2.05, 4.69) is 4.74 Å². The molecule has 2 nitrogen and oxygen atoms in total. The molecule has 5 heteroatoms. The summed E-state index contributed by atoms with van der Waals surface area (Å²) in [4.78, 5) is 13.6. The molecule has 0 N–H and O–H groups in total. The zero-order valence-corrected chi connectivity index (χ0v) is 11.5. The standard InChI is InChI=1S/C15H12F2O2S/c1-10-2-9-14(20-10)13(18)8-5-11-3-6-12(7-4-11)19-15(16)17/h2-9,15H,1H3/b8-5+. The van der Waals surface area contributed by atoms with Crippen LogP contribution < -0.4 is 4.74 Å². The monoisotopic (exact) mass is 294 g/mol. The molecule has 104 valence electrons. The van der Waals surface area contributed by atoms with Crippen LogP contribution in [0.2, 0.25) is 0 Å². The zero-order valence-electron chi connectivity index (χ0n) is 10.7. The highest BCUT2D eigenvalue weighted by Gasteiger charge is 2.05. The first kappa shape index (κ1) is 14.4. The molecule has 0 amide bonds. The Morgan fingerprint density at radius 3 is 2.45 bits per heavy atom. The largest absolute Gasteiger partial charge is 0.435 e. The first-order valence-corrected chi connectivity index (χ1v) is 6.70. The molecule has 0 unspecified atom stereocenters. The summed E-state index contributed by atoms with van der Waals surface area (Å²) >= 11 is 1.44. The van der Waals surface area contributed by atoms with Crippen LogP contribution in [0.3, 0.4) is 0 Å². The maximum absolute atomic E-state index is 12.0. The van der Waals surface area contributed by atoms with Crippen LogP contribution in [0.5, 0.6) is 5.75 Å². The number of aryl methyl sites for hydroxylation is 1. The quantitative estimate of drug-likeness (QED) is 0.597. The van der Waals surface area contributed by atoms with Gasteiger partial charge in [0.2, 0.25) is 0 Å². The number of hydrogen-bond donors (Lipinski definition) is 0. The summed E-state index contributed by atoms with van der Waals surface area (Å²) < 4.78 is 28.2. The average Bonchev–Trinajstić information content (AvgIpc) is 2.84. The van der Waals surface area contributed by atoms with Gasteiger partial charge in [0.25, 0.3) is 0 Å². The first-order chi connectivity index (χ1) is 9.54. The highest BCUT2D eigenvalue weighted by Crippen LogP contribution is 2.18. The zero-order chi connectivity index (χ0) is 14.5. The van der Waals surface area contributed by atoms with Gasteiger partial charge in [-0.05, 0) is 42.8 Å². The number of allylic oxidation sites excluding steroid dienone is 1. The normalized spacial score (nSPS) is 11.2. The third-order valence-electron chi connectivity index (χ3n) is 2.52. The lowest BCUT2D eigenvalue weighted by Crippen LogP contribution is -2.01. The Balaban J connectivity index is 2.02. The topological polar surface area (TPSA) is 26.3 Å². The van der Waals surface area contributed by atoms with Crippen molar-refractivity contribution in [3.8, 4) is 5.75 Å². The number of benzene rings is 1. The van der Waals surface area contributed by atoms with E-state index in [1.807, 2.05) is 13.0 Å². The van der Waals surface area contributed by atoms with Gasteiger partial charge in [-0.2, -0.15) is 8.78 Å². The molecule has 1 heterocycles. The first-order valence-electron chi connectivity index (χ1n) is 5.88. The van der Waals surface area contributed by atoms with Crippen molar-refractivity contribution in [1.82, 2.24) is 0 Å². The van der Waals surface area contributed by atoms with Crippen molar-refractivity contribution in [1.29, 1.82) is 0 Å². The van der Waals surface area contributed by atoms with Crippen molar-refractivity contribution in [2.45, 2.75) is 13.5 Å². The molecule has 0 aliphatic rings. The van der Waals surface area contributed by atoms with Crippen molar-refractivity contribution < 1.29 is 18.3 Å². The number of rotatable bonds is 5. The SMILES string of the molecule is Cc1ccc(C(=O)/C=C/c2ccc(OC(F)F)cc2)s1. The molecule has 1 aromatic heterocycles. The Kier molecular flexibility index (Phi) is 4.63. The number of ketones is 1. The fourth-order valence-electron chi connectivity index (χ4n) is 1.58. The second-order valence-electron chi connectivity index (χ2n) is 4.06. The van der Waals surface area contributed by atoms with Gasteiger partial charge in [0.1, 0.15) is 5.75 Å². The van der Waals surface area contributed by atoms with Crippen LogP contribution in [0.1, 0.15) is 20.1 Å². The second kappa shape index (κ2) is 6.43. The van der Waals surface area contributed by atoms with E-state index in [0.717, 1.165) is 10.4 Å². The lowest BCUT2D eigenvalue weighted by Gasteiger charge is -2.03. The van der Waals surface area contributed by atoms with E-state index in [9.17, 15) is 13.6 Å². The fraction of sp³-hybridized carbons (Fsp3) is 0.133. The van der Waals surface area contributed by atoms with E-state index in [1.165, 1.54) is 29.5 Å². The molecule has 0 radical (unpaired) electrons. The highest BCUT2D eigenvalue weighted by atomic mass is 32.1. The number of carbonyl (C=O) groups is 1. The third-order valence-corrected chi connectivity index (χ3v) is 3.53. The van der Waals surface area contributed by atoms with Crippen LogP contribution in [0.15, 0.2) is 42.5 Å². The van der Waals surface area contributed by atoms with Gasteiger partial charge >= 0.3 is 6.61 Å². The molecule has 2 rings (SSSR count). The van der Waals surface area contributed by atoms with Crippen molar-refractivity contribution in [2.24, 2.45) is 0 Å². The van der Waals surface area contributed by atoms with Gasteiger partial charge in [-0.15, -0.1) is 11.3 Å². The second-order valence-corrected chi connectivity index (χ2v) is 5.34. The van der Waals surface area contributed by atoms with Crippen molar-refractivity contribution >= 4 is 23.2 Å². The molecule has 0 aliphatic heterocycles. The van der Waals surface area contributed by atoms with Crippen LogP contribution >= 0.6 is 11.3 Å². The molecule has 0 saturated heterocycles. The molecule has 0 aliphatic carbocycles. The summed E-state index contributed by atoms with van der Waals surface area (Å²) in [6.07, 6.45) is 3.11. The summed E-state index contributed by atoms with van der Waals surface area (Å²) in [6, 6.07) is 9.77. The molecule has 0 fully saturated rings. The number of thiophene rings is 1. The molecule has 2 aromatic rings. The van der Waals surface area contributed by atoms with E-state index >= 15 is 0 Å². The van der Waals surface area contributed by atoms with E-state index in [1.54, 1.807) is 24.3 Å². The fourth-order valence-corrected chi connectivity index (χ4v) is 2.37. The number of ether oxygens (including phenoxy) is 1. The van der Waals surface area contributed by atoms with Crippen LogP contribution in [-0.2, 0) is 0 Å². The number of alkyl halides is 2. The van der Waals surface area contributed by atoms with Crippen LogP contribution in [-0.4, -0.2) is 12.4 Å². The molecule has 1 aromatic carbocycles. The summed E-state index contributed by atoms with van der Waals surface area (Å²) in [7, 11) is 0. The van der Waals surface area contributed by atoms with Gasteiger partial charge in [-0.1, -0.05) is 18.2 Å². The van der Waals surface area contributed by atoms with E-state index < -0.39 is 6.61 Å². The Labute approximate surface area is 119 Å². The minimum absolute atomic E-state index is 0.0731. The van der Waals surface area contributed by atoms with E-state index in [0.29, 0.717) is 4.88 Å². The Morgan fingerprint density at radius 2 is 1.90 bits per heavy atom. The molecule has 0 spiro atoms. The number of carbonyl (C=O) groups excluding carboxylic acids is 1. The van der Waals surface area contributed by atoms with E-state index in [-0.39, 0.29) is 11.5 Å². The van der Waals surface area contributed by atoms with Gasteiger partial charge in [0, 0.05) is 4.88 Å². The predicted molar refractivity (Wildman–Crippen MR) is 75.5 cm³/mol. The molecule has 0 bridgehead atoms. The minimum Gasteiger partial charge on any atom is -0.435 e. The average molecular weight is 294 g/mol. The lowest BCUT2D eigenvalue weighted by atomic mass is 10.2. The Bertz CT molecular complexity index is 615. The molecule has 20 heavy (non-hydrogen) atoms. The summed E-state index contributed by atoms with van der Waals surface area (Å²) in [6.45, 7) is -0.896. The molecular weight excluding hydrogens is 282 g/mol. The van der Waals surface area contributed by atoms with Gasteiger partial charge in [-0.3, -0.25) is 4.79 Å². The van der Waals surface area contributed by atoms with Gasteiger partial charge in [0.15, 0.2) is 5.78 Å². The third kappa shape index (κ3) is 3.99. The summed E-state index contributed by atoms with van der Waals surface area (Å²) in [5.41, 5.74) is 0.744. The van der Waals surface area contributed by atoms with Crippen LogP contribution in [0, 0.1) is 6.92 Å². The maximum Gasteiger partial charge on any atom is 0.387 e. The van der Waals surface area contributed by atoms with Crippen molar-refractivity contribution in [3.05, 3.63) is 57.8 Å². The van der Waals surface area contributed by atoms with Crippen molar-refractivity contribution in [2.75, 3.05) is 0 Å².